The first-order valence-corrected chi connectivity index (χ1v) is 7.79. The third kappa shape index (κ3) is 5.39. The van der Waals surface area contributed by atoms with E-state index < -0.39 is 12.0 Å². The van der Waals surface area contributed by atoms with E-state index in [0.717, 1.165) is 18.4 Å². The van der Waals surface area contributed by atoms with Gasteiger partial charge in [0.1, 0.15) is 6.04 Å². The van der Waals surface area contributed by atoms with Crippen molar-refractivity contribution in [1.29, 1.82) is 0 Å². The van der Waals surface area contributed by atoms with Crippen LogP contribution in [0, 0.1) is 5.92 Å². The van der Waals surface area contributed by atoms with Gasteiger partial charge < -0.3 is 15.3 Å². The number of nitrogens with zero attached hydrogens (tertiary/aromatic N) is 1. The number of carboxylic acid groups (broad SMARTS) is 1. The monoisotopic (exact) mass is 318 g/mol. The molecule has 6 heteroatoms. The molecule has 1 unspecified atom stereocenters. The molecule has 1 aliphatic carbocycles. The molecule has 0 bridgehead atoms. The van der Waals surface area contributed by atoms with Crippen molar-refractivity contribution in [2.45, 2.75) is 38.8 Å². The smallest absolute Gasteiger partial charge is 0.326 e. The highest BCUT2D eigenvalue weighted by atomic mass is 16.4. The molecular formula is C17H22N2O4. The summed E-state index contributed by atoms with van der Waals surface area (Å²) in [5, 5.41) is 11.7. The van der Waals surface area contributed by atoms with Crippen molar-refractivity contribution >= 4 is 17.8 Å². The van der Waals surface area contributed by atoms with Crippen molar-refractivity contribution < 1.29 is 19.5 Å². The van der Waals surface area contributed by atoms with E-state index in [2.05, 4.69) is 5.32 Å². The first kappa shape index (κ1) is 17.0. The molecule has 124 valence electrons. The summed E-state index contributed by atoms with van der Waals surface area (Å²) in [6.07, 6.45) is 1.78. The second-order valence-electron chi connectivity index (χ2n) is 5.90. The highest BCUT2D eigenvalue weighted by Gasteiger charge is 2.37. The lowest BCUT2D eigenvalue weighted by Crippen LogP contribution is -2.43. The van der Waals surface area contributed by atoms with Crippen LogP contribution in [0.3, 0.4) is 0 Å². The van der Waals surface area contributed by atoms with Crippen molar-refractivity contribution in [3.05, 3.63) is 35.9 Å². The molecular weight excluding hydrogens is 296 g/mol. The number of carbonyl (C=O) groups is 3. The normalized spacial score (nSPS) is 14.8. The fourth-order valence-electron chi connectivity index (χ4n) is 2.44. The van der Waals surface area contributed by atoms with Gasteiger partial charge in [0, 0.05) is 26.4 Å². The number of hydrogen-bond acceptors (Lipinski definition) is 3. The van der Waals surface area contributed by atoms with Crippen LogP contribution in [-0.2, 0) is 20.9 Å². The largest absolute Gasteiger partial charge is 0.480 e. The van der Waals surface area contributed by atoms with Crippen molar-refractivity contribution in [3.8, 4) is 0 Å². The van der Waals surface area contributed by atoms with Gasteiger partial charge in [0.15, 0.2) is 0 Å². The molecule has 1 aromatic rings. The first-order chi connectivity index (χ1) is 11.0. The molecule has 2 N–H and O–H groups in total. The molecule has 1 aliphatic rings. The maximum absolute atomic E-state index is 12.0. The Labute approximate surface area is 135 Å². The molecule has 0 saturated heterocycles. The SMILES string of the molecule is CC(=O)N(CCC(=O)NC(C(=O)O)C1CC1)Cc1ccccc1. The average molecular weight is 318 g/mol. The summed E-state index contributed by atoms with van der Waals surface area (Å²) >= 11 is 0. The predicted molar refractivity (Wildman–Crippen MR) is 84.4 cm³/mol. The van der Waals surface area contributed by atoms with Gasteiger partial charge in [-0.3, -0.25) is 9.59 Å². The van der Waals surface area contributed by atoms with Crippen LogP contribution in [0.15, 0.2) is 30.3 Å². The summed E-state index contributed by atoms with van der Waals surface area (Å²) in [5.74, 6) is -1.39. The summed E-state index contributed by atoms with van der Waals surface area (Å²) < 4.78 is 0. The van der Waals surface area contributed by atoms with Gasteiger partial charge in [0.05, 0.1) is 0 Å². The summed E-state index contributed by atoms with van der Waals surface area (Å²) in [6, 6.07) is 8.73. The third-order valence-corrected chi connectivity index (χ3v) is 3.95. The van der Waals surface area contributed by atoms with E-state index in [0.29, 0.717) is 6.54 Å². The molecule has 1 fully saturated rings. The molecule has 0 aromatic heterocycles. The molecule has 0 spiro atoms. The maximum Gasteiger partial charge on any atom is 0.326 e. The van der Waals surface area contributed by atoms with Gasteiger partial charge in [0.2, 0.25) is 11.8 Å². The van der Waals surface area contributed by atoms with Crippen LogP contribution in [-0.4, -0.2) is 40.4 Å². The highest BCUT2D eigenvalue weighted by Crippen LogP contribution is 2.32. The average Bonchev–Trinajstić information content (AvgIpc) is 3.34. The van der Waals surface area contributed by atoms with Gasteiger partial charge in [0.25, 0.3) is 0 Å². The molecule has 1 aromatic carbocycles. The maximum atomic E-state index is 12.0. The zero-order valence-electron chi connectivity index (χ0n) is 13.2. The fourth-order valence-corrected chi connectivity index (χ4v) is 2.44. The Hall–Kier alpha value is -2.37. The number of benzene rings is 1. The summed E-state index contributed by atoms with van der Waals surface area (Å²) in [7, 11) is 0. The number of rotatable bonds is 8. The van der Waals surface area contributed by atoms with E-state index in [4.69, 9.17) is 5.11 Å². The van der Waals surface area contributed by atoms with Crippen LogP contribution in [0.2, 0.25) is 0 Å². The number of carbonyl (C=O) groups excluding carboxylic acids is 2. The number of nitrogens with one attached hydrogen (secondary N) is 1. The summed E-state index contributed by atoms with van der Waals surface area (Å²) in [5.41, 5.74) is 0.990. The number of carboxylic acids is 1. The minimum absolute atomic E-state index is 0.0460. The Bertz CT molecular complexity index is 569. The zero-order chi connectivity index (χ0) is 16.8. The molecule has 6 nitrogen and oxygen atoms in total. The number of amides is 2. The van der Waals surface area contributed by atoms with Crippen LogP contribution in [0.1, 0.15) is 31.7 Å². The quantitative estimate of drug-likeness (QED) is 0.758. The Balaban J connectivity index is 1.84. The van der Waals surface area contributed by atoms with Crippen molar-refractivity contribution in [3.63, 3.8) is 0 Å². The minimum atomic E-state index is -0.992. The lowest BCUT2D eigenvalue weighted by Gasteiger charge is -2.21. The van der Waals surface area contributed by atoms with Crippen LogP contribution < -0.4 is 5.32 Å². The second-order valence-corrected chi connectivity index (χ2v) is 5.90. The van der Waals surface area contributed by atoms with E-state index in [9.17, 15) is 14.4 Å². The van der Waals surface area contributed by atoms with Gasteiger partial charge in [-0.25, -0.2) is 4.79 Å². The van der Waals surface area contributed by atoms with Gasteiger partial charge >= 0.3 is 5.97 Å². The van der Waals surface area contributed by atoms with Gasteiger partial charge in [-0.15, -0.1) is 0 Å². The minimum Gasteiger partial charge on any atom is -0.480 e. The first-order valence-electron chi connectivity index (χ1n) is 7.79. The van der Waals surface area contributed by atoms with Crippen LogP contribution >= 0.6 is 0 Å². The Morgan fingerprint density at radius 2 is 1.91 bits per heavy atom. The van der Waals surface area contributed by atoms with E-state index in [1.54, 1.807) is 4.90 Å². The molecule has 23 heavy (non-hydrogen) atoms. The summed E-state index contributed by atoms with van der Waals surface area (Å²) in [4.78, 5) is 36.4. The van der Waals surface area contributed by atoms with E-state index in [1.165, 1.54) is 6.92 Å². The molecule has 1 saturated carbocycles. The van der Waals surface area contributed by atoms with Crippen LogP contribution in [0.4, 0.5) is 0 Å². The Kier molecular flexibility index (Phi) is 5.73. The van der Waals surface area contributed by atoms with E-state index in [1.807, 2.05) is 30.3 Å². The van der Waals surface area contributed by atoms with Crippen molar-refractivity contribution in [1.82, 2.24) is 10.2 Å². The van der Waals surface area contributed by atoms with Crippen LogP contribution in [0.5, 0.6) is 0 Å². The topological polar surface area (TPSA) is 86.7 Å². The predicted octanol–water partition coefficient (Wildman–Crippen LogP) is 1.40. The zero-order valence-corrected chi connectivity index (χ0v) is 13.2. The molecule has 0 aliphatic heterocycles. The number of hydrogen-bond donors (Lipinski definition) is 2. The van der Waals surface area contributed by atoms with Crippen molar-refractivity contribution in [2.24, 2.45) is 5.92 Å². The molecule has 0 radical (unpaired) electrons. The third-order valence-electron chi connectivity index (χ3n) is 3.95. The summed E-state index contributed by atoms with van der Waals surface area (Å²) in [6.45, 7) is 2.17. The van der Waals surface area contributed by atoms with E-state index in [-0.39, 0.29) is 30.7 Å². The Morgan fingerprint density at radius 1 is 1.26 bits per heavy atom. The van der Waals surface area contributed by atoms with Gasteiger partial charge in [-0.05, 0) is 24.3 Å². The molecule has 2 amide bonds. The van der Waals surface area contributed by atoms with Crippen molar-refractivity contribution in [2.75, 3.05) is 6.54 Å². The highest BCUT2D eigenvalue weighted by molar-refractivity contribution is 5.84. The lowest BCUT2D eigenvalue weighted by atomic mass is 10.1. The second kappa shape index (κ2) is 7.76. The lowest BCUT2D eigenvalue weighted by molar-refractivity contribution is -0.142. The standard InChI is InChI=1S/C17H22N2O4/c1-12(20)19(11-13-5-3-2-4-6-13)10-9-15(21)18-16(17(22)23)14-7-8-14/h2-6,14,16H,7-11H2,1H3,(H,18,21)(H,22,23). The number of aliphatic carboxylic acids is 1. The molecule has 2 rings (SSSR count). The molecule has 1 atom stereocenters. The van der Waals surface area contributed by atoms with Gasteiger partial charge in [-0.1, -0.05) is 30.3 Å². The fraction of sp³-hybridized carbons (Fsp3) is 0.471. The van der Waals surface area contributed by atoms with E-state index >= 15 is 0 Å². The molecule has 0 heterocycles. The Morgan fingerprint density at radius 3 is 2.43 bits per heavy atom. The van der Waals surface area contributed by atoms with Crippen LogP contribution in [0.25, 0.3) is 0 Å². The van der Waals surface area contributed by atoms with Gasteiger partial charge in [-0.2, -0.15) is 0 Å².